The fraction of sp³-hybridized carbons (Fsp3) is 0.136. The number of ketones is 1. The van der Waals surface area contributed by atoms with Crippen LogP contribution in [0.25, 0.3) is 6.08 Å². The van der Waals surface area contributed by atoms with Gasteiger partial charge in [0.25, 0.3) is 0 Å². The third-order valence-corrected chi connectivity index (χ3v) is 4.97. The zero-order valence-corrected chi connectivity index (χ0v) is 17.1. The first kappa shape index (κ1) is 20.3. The average molecular weight is 408 g/mol. The molecule has 29 heavy (non-hydrogen) atoms. The van der Waals surface area contributed by atoms with Gasteiger partial charge >= 0.3 is 0 Å². The van der Waals surface area contributed by atoms with Crippen LogP contribution in [-0.2, 0) is 4.79 Å². The number of hydrogen-bond acceptors (Lipinski definition) is 6. The minimum Gasteiger partial charge on any atom is -0.497 e. The average Bonchev–Trinajstić information content (AvgIpc) is 3.20. The van der Waals surface area contributed by atoms with Crippen LogP contribution in [0.3, 0.4) is 0 Å². The Balaban J connectivity index is 1.77. The standard InChI is InChI=1S/C22H20N2O4S/c1-15(25)24(18-7-11-20(28-3)12-8-18)22-23-17(14-29-22)6-13-21(26)16-4-9-19(27-2)10-5-16/h4-14H,1-3H3/b13-6+. The summed E-state index contributed by atoms with van der Waals surface area (Å²) in [5.74, 6) is 1.10. The molecule has 0 fully saturated rings. The van der Waals surface area contributed by atoms with Gasteiger partial charge in [0.15, 0.2) is 10.9 Å². The molecule has 3 rings (SSSR count). The van der Waals surface area contributed by atoms with E-state index in [0.29, 0.717) is 33.6 Å². The summed E-state index contributed by atoms with van der Waals surface area (Å²) in [6.45, 7) is 1.48. The largest absolute Gasteiger partial charge is 0.497 e. The van der Waals surface area contributed by atoms with Crippen LogP contribution < -0.4 is 14.4 Å². The smallest absolute Gasteiger partial charge is 0.230 e. The number of ether oxygens (including phenoxy) is 2. The SMILES string of the molecule is COc1ccc(C(=O)/C=C/c2csc(N(C(C)=O)c3ccc(OC)cc3)n2)cc1. The number of methoxy groups -OCH3 is 2. The third-order valence-electron chi connectivity index (χ3n) is 4.13. The number of amides is 1. The van der Waals surface area contributed by atoms with Gasteiger partial charge in [-0.1, -0.05) is 0 Å². The molecular weight excluding hydrogens is 388 g/mol. The van der Waals surface area contributed by atoms with Gasteiger partial charge in [0.05, 0.1) is 25.6 Å². The van der Waals surface area contributed by atoms with E-state index in [1.807, 2.05) is 0 Å². The lowest BCUT2D eigenvalue weighted by atomic mass is 10.1. The zero-order chi connectivity index (χ0) is 20.8. The van der Waals surface area contributed by atoms with Crippen LogP contribution >= 0.6 is 11.3 Å². The molecular formula is C22H20N2O4S. The molecule has 3 aromatic rings. The van der Waals surface area contributed by atoms with Gasteiger partial charge in [-0.15, -0.1) is 11.3 Å². The highest BCUT2D eigenvalue weighted by molar-refractivity contribution is 7.14. The van der Waals surface area contributed by atoms with Crippen molar-refractivity contribution < 1.29 is 19.1 Å². The quantitative estimate of drug-likeness (QED) is 0.417. The number of carbonyl (C=O) groups excluding carboxylic acids is 2. The topological polar surface area (TPSA) is 68.7 Å². The maximum absolute atomic E-state index is 12.3. The lowest BCUT2D eigenvalue weighted by Gasteiger charge is -2.18. The maximum Gasteiger partial charge on any atom is 0.230 e. The Kier molecular flexibility index (Phi) is 6.41. The molecule has 148 valence electrons. The van der Waals surface area contributed by atoms with Crippen molar-refractivity contribution in [2.45, 2.75) is 6.92 Å². The van der Waals surface area contributed by atoms with Gasteiger partial charge in [-0.2, -0.15) is 0 Å². The predicted molar refractivity (Wildman–Crippen MR) is 114 cm³/mol. The van der Waals surface area contributed by atoms with Crippen molar-refractivity contribution in [3.05, 3.63) is 71.2 Å². The van der Waals surface area contributed by atoms with E-state index < -0.39 is 0 Å². The van der Waals surface area contributed by atoms with Crippen LogP contribution in [0, 0.1) is 0 Å². The second-order valence-corrected chi connectivity index (χ2v) is 6.87. The second kappa shape index (κ2) is 9.16. The van der Waals surface area contributed by atoms with Gasteiger partial charge < -0.3 is 9.47 Å². The summed E-state index contributed by atoms with van der Waals surface area (Å²) >= 11 is 1.33. The fourth-order valence-electron chi connectivity index (χ4n) is 2.63. The lowest BCUT2D eigenvalue weighted by Crippen LogP contribution is -2.22. The van der Waals surface area contributed by atoms with Crippen LogP contribution in [0.1, 0.15) is 23.0 Å². The van der Waals surface area contributed by atoms with Gasteiger partial charge in [0.2, 0.25) is 5.91 Å². The lowest BCUT2D eigenvalue weighted by molar-refractivity contribution is -0.115. The van der Waals surface area contributed by atoms with E-state index in [4.69, 9.17) is 9.47 Å². The number of aromatic nitrogens is 1. The van der Waals surface area contributed by atoms with Gasteiger partial charge in [-0.3, -0.25) is 14.5 Å². The van der Waals surface area contributed by atoms with Gasteiger partial charge in [-0.05, 0) is 60.7 Å². The van der Waals surface area contributed by atoms with Crippen molar-refractivity contribution in [1.82, 2.24) is 4.98 Å². The monoisotopic (exact) mass is 408 g/mol. The highest BCUT2D eigenvalue weighted by atomic mass is 32.1. The van der Waals surface area contributed by atoms with E-state index in [-0.39, 0.29) is 11.7 Å². The van der Waals surface area contributed by atoms with Crippen molar-refractivity contribution in [3.63, 3.8) is 0 Å². The van der Waals surface area contributed by atoms with Crippen molar-refractivity contribution in [2.75, 3.05) is 19.1 Å². The van der Waals surface area contributed by atoms with Crippen molar-refractivity contribution >= 4 is 39.9 Å². The van der Waals surface area contributed by atoms with E-state index in [0.717, 1.165) is 0 Å². The molecule has 0 aliphatic carbocycles. The Hall–Kier alpha value is -3.45. The maximum atomic E-state index is 12.3. The molecule has 0 saturated heterocycles. The first-order chi connectivity index (χ1) is 14.0. The molecule has 6 nitrogen and oxygen atoms in total. The number of hydrogen-bond donors (Lipinski definition) is 0. The molecule has 7 heteroatoms. The molecule has 1 aromatic heterocycles. The van der Waals surface area contributed by atoms with E-state index in [1.54, 1.807) is 74.2 Å². The zero-order valence-electron chi connectivity index (χ0n) is 16.3. The summed E-state index contributed by atoms with van der Waals surface area (Å²) in [5.41, 5.74) is 1.85. The third kappa shape index (κ3) is 4.89. The molecule has 0 unspecified atom stereocenters. The minimum absolute atomic E-state index is 0.138. The Bertz CT molecular complexity index is 1020. The van der Waals surface area contributed by atoms with Crippen LogP contribution in [0.2, 0.25) is 0 Å². The van der Waals surface area contributed by atoms with Gasteiger partial charge in [-0.25, -0.2) is 4.98 Å². The number of nitrogens with zero attached hydrogens (tertiary/aromatic N) is 2. The summed E-state index contributed by atoms with van der Waals surface area (Å²) in [6.07, 6.45) is 3.10. The predicted octanol–water partition coefficient (Wildman–Crippen LogP) is 4.74. The number of thiazole rings is 1. The summed E-state index contributed by atoms with van der Waals surface area (Å²) < 4.78 is 10.3. The molecule has 0 N–H and O–H groups in total. The van der Waals surface area contributed by atoms with Crippen LogP contribution in [0.15, 0.2) is 60.0 Å². The molecule has 0 saturated carbocycles. The van der Waals surface area contributed by atoms with Crippen LogP contribution in [-0.4, -0.2) is 30.9 Å². The molecule has 0 spiro atoms. The molecule has 0 atom stereocenters. The second-order valence-electron chi connectivity index (χ2n) is 6.03. The summed E-state index contributed by atoms with van der Waals surface area (Å²) in [6, 6.07) is 14.1. The first-order valence-electron chi connectivity index (χ1n) is 8.78. The van der Waals surface area contributed by atoms with E-state index in [9.17, 15) is 9.59 Å². The molecule has 0 aliphatic heterocycles. The number of carbonyl (C=O) groups is 2. The Labute approximate surface area is 173 Å². The summed E-state index contributed by atoms with van der Waals surface area (Å²) in [4.78, 5) is 30.5. The van der Waals surface area contributed by atoms with E-state index in [2.05, 4.69) is 4.98 Å². The number of benzene rings is 2. The highest BCUT2D eigenvalue weighted by Gasteiger charge is 2.17. The van der Waals surface area contributed by atoms with Crippen molar-refractivity contribution in [1.29, 1.82) is 0 Å². The molecule has 2 aromatic carbocycles. The molecule has 0 bridgehead atoms. The molecule has 1 heterocycles. The molecule has 0 radical (unpaired) electrons. The number of anilines is 2. The molecule has 1 amide bonds. The first-order valence-corrected chi connectivity index (χ1v) is 9.66. The minimum atomic E-state index is -0.158. The summed E-state index contributed by atoms with van der Waals surface area (Å²) in [5, 5.41) is 2.33. The Morgan fingerprint density at radius 3 is 2.10 bits per heavy atom. The highest BCUT2D eigenvalue weighted by Crippen LogP contribution is 2.30. The van der Waals surface area contributed by atoms with Crippen LogP contribution in [0.5, 0.6) is 11.5 Å². The van der Waals surface area contributed by atoms with Crippen molar-refractivity contribution in [2.24, 2.45) is 0 Å². The van der Waals surface area contributed by atoms with Crippen LogP contribution in [0.4, 0.5) is 10.8 Å². The van der Waals surface area contributed by atoms with Gasteiger partial charge in [0.1, 0.15) is 11.5 Å². The number of rotatable bonds is 7. The van der Waals surface area contributed by atoms with E-state index in [1.165, 1.54) is 29.2 Å². The van der Waals surface area contributed by atoms with Crippen molar-refractivity contribution in [3.8, 4) is 11.5 Å². The Morgan fingerprint density at radius 2 is 1.55 bits per heavy atom. The summed E-state index contributed by atoms with van der Waals surface area (Å²) in [7, 11) is 3.16. The number of allylic oxidation sites excluding steroid dienone is 1. The van der Waals surface area contributed by atoms with Gasteiger partial charge in [0, 0.05) is 17.9 Å². The molecule has 0 aliphatic rings. The fourth-order valence-corrected chi connectivity index (χ4v) is 3.48. The van der Waals surface area contributed by atoms with E-state index >= 15 is 0 Å². The Morgan fingerprint density at radius 1 is 0.966 bits per heavy atom. The normalized spacial score (nSPS) is 10.7.